The summed E-state index contributed by atoms with van der Waals surface area (Å²) < 4.78 is 0. The molecule has 1 amide bonds. The van der Waals surface area contributed by atoms with Crippen molar-refractivity contribution in [3.05, 3.63) is 54.6 Å². The number of anilines is 1. The van der Waals surface area contributed by atoms with Gasteiger partial charge in [0, 0.05) is 11.8 Å². The average Bonchev–Trinajstić information content (AvgIpc) is 2.36. The number of carbonyl (C=O) groups is 2. The van der Waals surface area contributed by atoms with E-state index in [2.05, 4.69) is 5.32 Å². The van der Waals surface area contributed by atoms with E-state index in [0.29, 0.717) is 11.8 Å². The molecule has 0 saturated heterocycles. The molecule has 2 aromatic rings. The summed E-state index contributed by atoms with van der Waals surface area (Å²) >= 11 is 0. The van der Waals surface area contributed by atoms with Crippen LogP contribution in [0.15, 0.2) is 54.6 Å². The SMILES string of the molecule is O=C([O-])C=CC(=O)Nc1ccc2ccccc2c1. The number of rotatable bonds is 3. The van der Waals surface area contributed by atoms with E-state index in [0.717, 1.165) is 16.8 Å². The summed E-state index contributed by atoms with van der Waals surface area (Å²) in [4.78, 5) is 21.5. The molecule has 0 unspecified atom stereocenters. The number of hydrogen-bond acceptors (Lipinski definition) is 3. The standard InChI is InChI=1S/C14H11NO3/c16-13(7-8-14(17)18)15-12-6-5-10-3-1-2-4-11(10)9-12/h1-9H,(H,15,16)(H,17,18)/p-1. The van der Waals surface area contributed by atoms with E-state index >= 15 is 0 Å². The van der Waals surface area contributed by atoms with Gasteiger partial charge in [-0.2, -0.15) is 0 Å². The minimum Gasteiger partial charge on any atom is -0.545 e. The predicted octanol–water partition coefficient (Wildman–Crippen LogP) is 1.08. The summed E-state index contributed by atoms with van der Waals surface area (Å²) in [6.45, 7) is 0. The van der Waals surface area contributed by atoms with Gasteiger partial charge in [-0.3, -0.25) is 4.79 Å². The fraction of sp³-hybridized carbons (Fsp3) is 0. The van der Waals surface area contributed by atoms with Gasteiger partial charge in [-0.25, -0.2) is 0 Å². The lowest BCUT2D eigenvalue weighted by Crippen LogP contribution is -2.20. The summed E-state index contributed by atoms with van der Waals surface area (Å²) in [5.41, 5.74) is 0.613. The van der Waals surface area contributed by atoms with Crippen molar-refractivity contribution in [3.8, 4) is 0 Å². The van der Waals surface area contributed by atoms with E-state index < -0.39 is 11.9 Å². The Kier molecular flexibility index (Phi) is 3.38. The Labute approximate surface area is 104 Å². The number of carboxylic acids is 1. The Balaban J connectivity index is 2.17. The molecule has 0 atom stereocenters. The van der Waals surface area contributed by atoms with Gasteiger partial charge in [-0.1, -0.05) is 30.3 Å². The Morgan fingerprint density at radius 3 is 2.44 bits per heavy atom. The van der Waals surface area contributed by atoms with Crippen LogP contribution in [0.2, 0.25) is 0 Å². The number of hydrogen-bond donors (Lipinski definition) is 1. The molecule has 2 rings (SSSR count). The summed E-state index contributed by atoms with van der Waals surface area (Å²) in [6, 6.07) is 13.2. The highest BCUT2D eigenvalue weighted by atomic mass is 16.4. The van der Waals surface area contributed by atoms with Crippen LogP contribution in [-0.4, -0.2) is 11.9 Å². The molecule has 0 aliphatic heterocycles. The normalized spacial score (nSPS) is 10.7. The lowest BCUT2D eigenvalue weighted by molar-refractivity contribution is -0.297. The number of aliphatic carboxylic acids is 1. The highest BCUT2D eigenvalue weighted by Gasteiger charge is 1.99. The van der Waals surface area contributed by atoms with E-state index in [1.807, 2.05) is 36.4 Å². The second-order valence-electron chi connectivity index (χ2n) is 3.70. The van der Waals surface area contributed by atoms with E-state index in [4.69, 9.17) is 0 Å². The zero-order chi connectivity index (χ0) is 13.0. The molecule has 0 heterocycles. The number of amides is 1. The largest absolute Gasteiger partial charge is 0.545 e. The molecule has 0 radical (unpaired) electrons. The first-order valence-electron chi connectivity index (χ1n) is 5.34. The number of benzene rings is 2. The van der Waals surface area contributed by atoms with Gasteiger partial charge in [0.1, 0.15) is 0 Å². The summed E-state index contributed by atoms with van der Waals surface area (Å²) in [5.74, 6) is -1.90. The van der Waals surface area contributed by atoms with Crippen molar-refractivity contribution in [2.24, 2.45) is 0 Å². The van der Waals surface area contributed by atoms with E-state index in [1.54, 1.807) is 6.07 Å². The third-order valence-electron chi connectivity index (χ3n) is 2.39. The number of fused-ring (bicyclic) bond motifs is 1. The highest BCUT2D eigenvalue weighted by molar-refractivity contribution is 6.03. The smallest absolute Gasteiger partial charge is 0.248 e. The third-order valence-corrected chi connectivity index (χ3v) is 2.39. The van der Waals surface area contributed by atoms with Crippen molar-refractivity contribution >= 4 is 28.3 Å². The van der Waals surface area contributed by atoms with Crippen LogP contribution in [0.4, 0.5) is 5.69 Å². The monoisotopic (exact) mass is 240 g/mol. The van der Waals surface area contributed by atoms with Gasteiger partial charge in [0.15, 0.2) is 0 Å². The van der Waals surface area contributed by atoms with Crippen molar-refractivity contribution in [2.75, 3.05) is 5.32 Å². The second-order valence-corrected chi connectivity index (χ2v) is 3.70. The molecule has 0 aliphatic carbocycles. The van der Waals surface area contributed by atoms with E-state index in [9.17, 15) is 14.7 Å². The molecule has 90 valence electrons. The number of carboxylic acid groups (broad SMARTS) is 1. The number of nitrogens with one attached hydrogen (secondary N) is 1. The van der Waals surface area contributed by atoms with Crippen molar-refractivity contribution < 1.29 is 14.7 Å². The molecule has 18 heavy (non-hydrogen) atoms. The summed E-state index contributed by atoms with van der Waals surface area (Å²) in [6.07, 6.45) is 1.61. The first kappa shape index (κ1) is 11.9. The minimum absolute atomic E-state index is 0.505. The quantitative estimate of drug-likeness (QED) is 0.816. The molecule has 0 aliphatic rings. The molecule has 0 fully saturated rings. The molecule has 1 N–H and O–H groups in total. The first-order chi connectivity index (χ1) is 8.65. The van der Waals surface area contributed by atoms with E-state index in [-0.39, 0.29) is 0 Å². The Morgan fingerprint density at radius 2 is 1.72 bits per heavy atom. The van der Waals surface area contributed by atoms with Gasteiger partial charge >= 0.3 is 0 Å². The van der Waals surface area contributed by atoms with Crippen molar-refractivity contribution in [3.63, 3.8) is 0 Å². The molecule has 0 spiro atoms. The van der Waals surface area contributed by atoms with Crippen LogP contribution in [0.1, 0.15) is 0 Å². The van der Waals surface area contributed by atoms with Crippen LogP contribution in [-0.2, 0) is 9.59 Å². The Bertz CT molecular complexity index is 632. The molecule has 0 bridgehead atoms. The summed E-state index contributed by atoms with van der Waals surface area (Å²) in [7, 11) is 0. The molecule has 4 nitrogen and oxygen atoms in total. The minimum atomic E-state index is -1.40. The van der Waals surface area contributed by atoms with Crippen LogP contribution in [0, 0.1) is 0 Å². The van der Waals surface area contributed by atoms with Gasteiger partial charge in [-0.15, -0.1) is 0 Å². The molecular formula is C14H10NO3-. The molecule has 0 aromatic heterocycles. The molecule has 4 heteroatoms. The van der Waals surface area contributed by atoms with Crippen molar-refractivity contribution in [1.29, 1.82) is 0 Å². The molecule has 0 saturated carbocycles. The van der Waals surface area contributed by atoms with Crippen molar-refractivity contribution in [1.82, 2.24) is 0 Å². The lowest BCUT2D eigenvalue weighted by Gasteiger charge is -2.04. The predicted molar refractivity (Wildman–Crippen MR) is 66.7 cm³/mol. The maximum absolute atomic E-state index is 11.4. The topological polar surface area (TPSA) is 69.2 Å². The molecular weight excluding hydrogens is 230 g/mol. The summed E-state index contributed by atoms with van der Waals surface area (Å²) in [5, 5.41) is 14.8. The van der Waals surface area contributed by atoms with Gasteiger partial charge in [-0.05, 0) is 29.0 Å². The number of carbonyl (C=O) groups excluding carboxylic acids is 2. The van der Waals surface area contributed by atoms with Gasteiger partial charge in [0.05, 0.1) is 5.97 Å². The Hall–Kier alpha value is -2.62. The lowest BCUT2D eigenvalue weighted by atomic mass is 10.1. The van der Waals surface area contributed by atoms with Crippen LogP contribution in [0.5, 0.6) is 0 Å². The second kappa shape index (κ2) is 5.14. The van der Waals surface area contributed by atoms with Crippen LogP contribution >= 0.6 is 0 Å². The van der Waals surface area contributed by atoms with Crippen LogP contribution < -0.4 is 10.4 Å². The maximum Gasteiger partial charge on any atom is 0.248 e. The third kappa shape index (κ3) is 2.95. The van der Waals surface area contributed by atoms with E-state index in [1.165, 1.54) is 0 Å². The molecule has 2 aromatic carbocycles. The average molecular weight is 240 g/mol. The van der Waals surface area contributed by atoms with Gasteiger partial charge < -0.3 is 15.2 Å². The fourth-order valence-corrected chi connectivity index (χ4v) is 1.59. The van der Waals surface area contributed by atoms with Crippen molar-refractivity contribution in [2.45, 2.75) is 0 Å². The first-order valence-corrected chi connectivity index (χ1v) is 5.34. The van der Waals surface area contributed by atoms with Gasteiger partial charge in [0.2, 0.25) is 5.91 Å². The van der Waals surface area contributed by atoms with Crippen LogP contribution in [0.3, 0.4) is 0 Å². The maximum atomic E-state index is 11.4. The zero-order valence-corrected chi connectivity index (χ0v) is 9.42. The van der Waals surface area contributed by atoms with Crippen LogP contribution in [0.25, 0.3) is 10.8 Å². The zero-order valence-electron chi connectivity index (χ0n) is 9.42. The Morgan fingerprint density at radius 1 is 1.00 bits per heavy atom. The van der Waals surface area contributed by atoms with Gasteiger partial charge in [0.25, 0.3) is 0 Å². The highest BCUT2D eigenvalue weighted by Crippen LogP contribution is 2.18. The fourth-order valence-electron chi connectivity index (χ4n) is 1.59.